The molecule has 0 saturated carbocycles. The zero-order chi connectivity index (χ0) is 15.2. The van der Waals surface area contributed by atoms with Crippen LogP contribution in [0.15, 0.2) is 59.7 Å². The van der Waals surface area contributed by atoms with Crippen molar-refractivity contribution in [2.75, 3.05) is 0 Å². The summed E-state index contributed by atoms with van der Waals surface area (Å²) in [5, 5.41) is 11.4. The van der Waals surface area contributed by atoms with Gasteiger partial charge in [-0.2, -0.15) is 0 Å². The minimum absolute atomic E-state index is 0.186. The lowest BCUT2D eigenvalue weighted by Crippen LogP contribution is -2.12. The first-order valence-electron chi connectivity index (χ1n) is 6.13. The molecule has 0 fully saturated rings. The van der Waals surface area contributed by atoms with E-state index in [-0.39, 0.29) is 11.5 Å². The molecule has 0 saturated heterocycles. The highest BCUT2D eigenvalue weighted by atomic mass is 16.4. The SMILES string of the molecule is C=CNC(=O)C=Cc1ccc(-c2cccc(C(=O)O)c2)o1. The fourth-order valence-electron chi connectivity index (χ4n) is 1.71. The molecule has 1 heterocycles. The number of furan rings is 1. The standard InChI is InChI=1S/C16H13NO4/c1-2-17-15(18)9-7-13-6-8-14(21-13)11-4-3-5-12(10-11)16(19)20/h2-10H,1H2,(H,17,18)(H,19,20). The maximum atomic E-state index is 11.2. The van der Waals surface area contributed by atoms with Crippen LogP contribution in [0.2, 0.25) is 0 Å². The van der Waals surface area contributed by atoms with E-state index >= 15 is 0 Å². The number of carboxylic acids is 1. The first kappa shape index (κ1) is 14.3. The Labute approximate surface area is 121 Å². The van der Waals surface area contributed by atoms with Crippen molar-refractivity contribution < 1.29 is 19.1 Å². The molecular formula is C16H13NO4. The first-order chi connectivity index (χ1) is 10.1. The van der Waals surface area contributed by atoms with Crippen LogP contribution in [0.5, 0.6) is 0 Å². The number of nitrogens with one attached hydrogen (secondary N) is 1. The zero-order valence-corrected chi connectivity index (χ0v) is 11.1. The average Bonchev–Trinajstić information content (AvgIpc) is 2.94. The van der Waals surface area contributed by atoms with Gasteiger partial charge >= 0.3 is 5.97 Å². The molecule has 0 atom stereocenters. The molecule has 1 amide bonds. The van der Waals surface area contributed by atoms with E-state index in [0.29, 0.717) is 17.1 Å². The van der Waals surface area contributed by atoms with Gasteiger partial charge in [-0.1, -0.05) is 18.7 Å². The van der Waals surface area contributed by atoms with Gasteiger partial charge in [0.05, 0.1) is 5.56 Å². The molecule has 0 aliphatic heterocycles. The number of carbonyl (C=O) groups is 2. The molecule has 0 unspecified atom stereocenters. The summed E-state index contributed by atoms with van der Waals surface area (Å²) in [7, 11) is 0. The Hall–Kier alpha value is -3.08. The van der Waals surface area contributed by atoms with Gasteiger partial charge in [0.2, 0.25) is 5.91 Å². The number of hydrogen-bond acceptors (Lipinski definition) is 3. The molecule has 0 spiro atoms. The van der Waals surface area contributed by atoms with Crippen molar-refractivity contribution >= 4 is 18.0 Å². The average molecular weight is 283 g/mol. The van der Waals surface area contributed by atoms with E-state index in [1.165, 1.54) is 30.5 Å². The van der Waals surface area contributed by atoms with Crippen molar-refractivity contribution in [1.82, 2.24) is 5.32 Å². The summed E-state index contributed by atoms with van der Waals surface area (Å²) in [6.45, 7) is 3.38. The lowest BCUT2D eigenvalue weighted by Gasteiger charge is -1.99. The number of amides is 1. The monoisotopic (exact) mass is 283 g/mol. The number of carboxylic acid groups (broad SMARTS) is 1. The van der Waals surface area contributed by atoms with E-state index in [1.807, 2.05) is 0 Å². The molecule has 0 aliphatic rings. The summed E-state index contributed by atoms with van der Waals surface area (Å²) in [4.78, 5) is 22.2. The van der Waals surface area contributed by atoms with Gasteiger partial charge in [-0.05, 0) is 36.5 Å². The van der Waals surface area contributed by atoms with Crippen LogP contribution in [0.25, 0.3) is 17.4 Å². The molecule has 0 aliphatic carbocycles. The van der Waals surface area contributed by atoms with E-state index in [9.17, 15) is 9.59 Å². The summed E-state index contributed by atoms with van der Waals surface area (Å²) < 4.78 is 5.55. The molecule has 5 nitrogen and oxygen atoms in total. The molecule has 0 radical (unpaired) electrons. The number of rotatable bonds is 5. The minimum atomic E-state index is -0.996. The lowest BCUT2D eigenvalue weighted by atomic mass is 10.1. The molecule has 2 aromatic rings. The topological polar surface area (TPSA) is 79.5 Å². The van der Waals surface area contributed by atoms with Crippen LogP contribution in [0.4, 0.5) is 0 Å². The molecule has 106 valence electrons. The van der Waals surface area contributed by atoms with E-state index in [2.05, 4.69) is 11.9 Å². The van der Waals surface area contributed by atoms with E-state index in [1.54, 1.807) is 24.3 Å². The maximum Gasteiger partial charge on any atom is 0.335 e. The molecule has 1 aromatic heterocycles. The summed E-state index contributed by atoms with van der Waals surface area (Å²) in [5.41, 5.74) is 0.844. The molecule has 21 heavy (non-hydrogen) atoms. The molecule has 2 rings (SSSR count). The maximum absolute atomic E-state index is 11.2. The lowest BCUT2D eigenvalue weighted by molar-refractivity contribution is -0.115. The molecule has 1 aromatic carbocycles. The second kappa shape index (κ2) is 6.38. The van der Waals surface area contributed by atoms with Gasteiger partial charge < -0.3 is 14.8 Å². The van der Waals surface area contributed by atoms with Crippen LogP contribution >= 0.6 is 0 Å². The highest BCUT2D eigenvalue weighted by Crippen LogP contribution is 2.23. The van der Waals surface area contributed by atoms with Crippen LogP contribution in [-0.2, 0) is 4.79 Å². The Bertz CT molecular complexity index is 713. The summed E-state index contributed by atoms with van der Waals surface area (Å²) in [5.74, 6) is -0.285. The first-order valence-corrected chi connectivity index (χ1v) is 6.13. The van der Waals surface area contributed by atoms with Gasteiger partial charge in [0.15, 0.2) is 0 Å². The predicted molar refractivity (Wildman–Crippen MR) is 78.5 cm³/mol. The number of hydrogen-bond donors (Lipinski definition) is 2. The van der Waals surface area contributed by atoms with Crippen LogP contribution in [0, 0.1) is 0 Å². The second-order valence-corrected chi connectivity index (χ2v) is 4.13. The van der Waals surface area contributed by atoms with Crippen molar-refractivity contribution in [3.05, 3.63) is 66.6 Å². The molecule has 2 N–H and O–H groups in total. The summed E-state index contributed by atoms with van der Waals surface area (Å²) >= 11 is 0. The minimum Gasteiger partial charge on any atom is -0.478 e. The largest absolute Gasteiger partial charge is 0.478 e. The highest BCUT2D eigenvalue weighted by Gasteiger charge is 2.07. The Balaban J connectivity index is 2.20. The van der Waals surface area contributed by atoms with Gasteiger partial charge in [0, 0.05) is 11.6 Å². The quantitative estimate of drug-likeness (QED) is 0.827. The van der Waals surface area contributed by atoms with Gasteiger partial charge in [0.25, 0.3) is 0 Å². The predicted octanol–water partition coefficient (Wildman–Crippen LogP) is 2.92. The Morgan fingerprint density at radius 2 is 2.05 bits per heavy atom. The van der Waals surface area contributed by atoms with E-state index in [4.69, 9.17) is 9.52 Å². The zero-order valence-electron chi connectivity index (χ0n) is 11.1. The van der Waals surface area contributed by atoms with Crippen LogP contribution in [0.3, 0.4) is 0 Å². The van der Waals surface area contributed by atoms with Crippen LogP contribution in [0.1, 0.15) is 16.1 Å². The van der Waals surface area contributed by atoms with Gasteiger partial charge in [0.1, 0.15) is 11.5 Å². The number of carbonyl (C=O) groups excluding carboxylic acids is 1. The summed E-state index contributed by atoms with van der Waals surface area (Å²) in [6, 6.07) is 9.85. The van der Waals surface area contributed by atoms with Crippen molar-refractivity contribution in [3.63, 3.8) is 0 Å². The second-order valence-electron chi connectivity index (χ2n) is 4.13. The van der Waals surface area contributed by atoms with E-state index < -0.39 is 5.97 Å². The highest BCUT2D eigenvalue weighted by molar-refractivity contribution is 5.92. The van der Waals surface area contributed by atoms with Gasteiger partial charge in [-0.25, -0.2) is 4.79 Å². The van der Waals surface area contributed by atoms with E-state index in [0.717, 1.165) is 0 Å². The third-order valence-electron chi connectivity index (χ3n) is 2.66. The normalized spacial score (nSPS) is 10.5. The summed E-state index contributed by atoms with van der Waals surface area (Å²) in [6.07, 6.45) is 4.12. The molecular weight excluding hydrogens is 270 g/mol. The number of aromatic carboxylic acids is 1. The Morgan fingerprint density at radius 1 is 1.24 bits per heavy atom. The fraction of sp³-hybridized carbons (Fsp3) is 0. The van der Waals surface area contributed by atoms with Gasteiger partial charge in [-0.3, -0.25) is 4.79 Å². The van der Waals surface area contributed by atoms with Crippen LogP contribution < -0.4 is 5.32 Å². The molecule has 0 bridgehead atoms. The Kier molecular flexibility index (Phi) is 4.36. The van der Waals surface area contributed by atoms with Gasteiger partial charge in [-0.15, -0.1) is 0 Å². The smallest absolute Gasteiger partial charge is 0.335 e. The Morgan fingerprint density at radius 3 is 2.76 bits per heavy atom. The third-order valence-corrected chi connectivity index (χ3v) is 2.66. The molecule has 5 heteroatoms. The van der Waals surface area contributed by atoms with Crippen molar-refractivity contribution in [3.8, 4) is 11.3 Å². The van der Waals surface area contributed by atoms with Crippen molar-refractivity contribution in [1.29, 1.82) is 0 Å². The van der Waals surface area contributed by atoms with Crippen LogP contribution in [-0.4, -0.2) is 17.0 Å². The third kappa shape index (κ3) is 3.70. The fourth-order valence-corrected chi connectivity index (χ4v) is 1.71. The number of benzene rings is 1. The van der Waals surface area contributed by atoms with Crippen molar-refractivity contribution in [2.45, 2.75) is 0 Å². The van der Waals surface area contributed by atoms with Crippen molar-refractivity contribution in [2.24, 2.45) is 0 Å².